The van der Waals surface area contributed by atoms with Crippen molar-refractivity contribution >= 4 is 26.6 Å². The van der Waals surface area contributed by atoms with E-state index in [0.29, 0.717) is 28.2 Å². The molecule has 1 saturated heterocycles. The van der Waals surface area contributed by atoms with Gasteiger partial charge >= 0.3 is 5.69 Å². The van der Waals surface area contributed by atoms with Gasteiger partial charge in [0.15, 0.2) is 0 Å². The number of hydrogen-bond donors (Lipinski definition) is 4. The van der Waals surface area contributed by atoms with E-state index < -0.39 is 15.9 Å². The quantitative estimate of drug-likeness (QED) is 0.259. The van der Waals surface area contributed by atoms with Gasteiger partial charge in [0.1, 0.15) is 24.0 Å². The molecule has 10 heteroatoms. The number of nitrogens with one attached hydrogen (secondary N) is 3. The fraction of sp³-hybridized carbons (Fsp3) is 0.321. The number of fused-ring (bicyclic) bond motifs is 1. The summed E-state index contributed by atoms with van der Waals surface area (Å²) >= 11 is 0. The minimum Gasteiger partial charge on any atom is -0.489 e. The van der Waals surface area contributed by atoms with Crippen LogP contribution in [-0.4, -0.2) is 61.9 Å². The number of H-pyrrole nitrogens is 2. The van der Waals surface area contributed by atoms with Crippen LogP contribution in [-0.2, 0) is 9.84 Å². The Morgan fingerprint density at radius 2 is 1.66 bits per heavy atom. The molecule has 9 nitrogen and oxygen atoms in total. The molecule has 0 radical (unpaired) electrons. The van der Waals surface area contributed by atoms with Crippen LogP contribution in [0.15, 0.2) is 81.3 Å². The number of para-hydroxylation sites is 1. The molecule has 0 spiro atoms. The topological polar surface area (TPSA) is 128 Å². The first-order chi connectivity index (χ1) is 18.3. The third-order valence-electron chi connectivity index (χ3n) is 6.92. The number of ether oxygens (including phenoxy) is 1. The molecule has 4 N–H and O–H groups in total. The Balaban J connectivity index is 1.09. The number of aryl methyl sites for hydroxylation is 1. The summed E-state index contributed by atoms with van der Waals surface area (Å²) in [6.45, 7) is 4.10. The number of aliphatic hydroxyl groups excluding tert-OH is 1. The zero-order chi connectivity index (χ0) is 26.7. The summed E-state index contributed by atoms with van der Waals surface area (Å²) in [4.78, 5) is 19.8. The van der Waals surface area contributed by atoms with E-state index in [2.05, 4.69) is 20.2 Å². The number of benzene rings is 3. The minimum atomic E-state index is -3.54. The van der Waals surface area contributed by atoms with Gasteiger partial charge in [-0.25, -0.2) is 13.2 Å². The van der Waals surface area contributed by atoms with E-state index in [9.17, 15) is 18.3 Å². The van der Waals surface area contributed by atoms with E-state index in [-0.39, 0.29) is 23.2 Å². The summed E-state index contributed by atoms with van der Waals surface area (Å²) < 4.78 is 31.6. The standard InChI is InChI=1S/C28H32N4O5S/c1-19-5-9-23(10-6-19)38(35,36)24-11-7-21(8-12-24)32-15-13-20(14-16-32)29-17-22(33)18-37-26-4-2-3-25-27(26)31-28(34)30-25/h2-12,20,22,29,33H,13-18H2,1H3,(H2,30,31,34)/t22-/m1/s1. The average molecular weight is 537 g/mol. The first-order valence-corrected chi connectivity index (χ1v) is 14.2. The number of anilines is 1. The molecule has 0 amide bonds. The predicted molar refractivity (Wildman–Crippen MR) is 147 cm³/mol. The van der Waals surface area contributed by atoms with Crippen LogP contribution in [0.1, 0.15) is 18.4 Å². The highest BCUT2D eigenvalue weighted by Crippen LogP contribution is 2.26. The van der Waals surface area contributed by atoms with Crippen LogP contribution in [0, 0.1) is 6.92 Å². The summed E-state index contributed by atoms with van der Waals surface area (Å²) in [6.07, 6.45) is 1.11. The number of rotatable bonds is 9. The number of nitrogens with zero attached hydrogens (tertiary/aromatic N) is 1. The third-order valence-corrected chi connectivity index (χ3v) is 8.71. The van der Waals surface area contributed by atoms with Crippen LogP contribution in [0.2, 0.25) is 0 Å². The molecule has 0 unspecified atom stereocenters. The number of imidazole rings is 1. The Bertz CT molecular complexity index is 1540. The molecule has 1 aliphatic heterocycles. The summed E-state index contributed by atoms with van der Waals surface area (Å²) in [6, 6.07) is 19.6. The predicted octanol–water partition coefficient (Wildman–Crippen LogP) is 3.00. The molecule has 1 atom stereocenters. The zero-order valence-corrected chi connectivity index (χ0v) is 22.0. The van der Waals surface area contributed by atoms with E-state index in [1.165, 1.54) is 0 Å². The molecular formula is C28H32N4O5S. The maximum Gasteiger partial charge on any atom is 0.323 e. The molecule has 0 aliphatic carbocycles. The van der Waals surface area contributed by atoms with Crippen molar-refractivity contribution < 1.29 is 18.3 Å². The van der Waals surface area contributed by atoms with Crippen LogP contribution in [0.5, 0.6) is 5.75 Å². The van der Waals surface area contributed by atoms with Crippen molar-refractivity contribution in [2.45, 2.75) is 41.7 Å². The van der Waals surface area contributed by atoms with Crippen LogP contribution < -0.4 is 20.6 Å². The number of piperidine rings is 1. The van der Waals surface area contributed by atoms with E-state index in [0.717, 1.165) is 37.2 Å². The van der Waals surface area contributed by atoms with Gasteiger partial charge in [-0.05, 0) is 68.3 Å². The van der Waals surface area contributed by atoms with E-state index in [1.807, 2.05) is 19.1 Å². The molecule has 0 bridgehead atoms. The lowest BCUT2D eigenvalue weighted by molar-refractivity contribution is 0.103. The highest BCUT2D eigenvalue weighted by molar-refractivity contribution is 7.91. The normalized spacial score (nSPS) is 15.6. The summed E-state index contributed by atoms with van der Waals surface area (Å²) in [5.74, 6) is 0.519. The fourth-order valence-electron chi connectivity index (χ4n) is 4.73. The molecule has 2 heterocycles. The number of aromatic amines is 2. The molecule has 1 aliphatic rings. The second-order valence-corrected chi connectivity index (χ2v) is 11.7. The van der Waals surface area contributed by atoms with E-state index in [1.54, 1.807) is 54.6 Å². The van der Waals surface area contributed by atoms with Crippen molar-refractivity contribution in [1.29, 1.82) is 0 Å². The van der Waals surface area contributed by atoms with Crippen LogP contribution in [0.4, 0.5) is 5.69 Å². The lowest BCUT2D eigenvalue weighted by atomic mass is 10.0. The number of aromatic nitrogens is 2. The molecule has 3 aromatic carbocycles. The minimum absolute atomic E-state index is 0.107. The Labute approximate surface area is 221 Å². The highest BCUT2D eigenvalue weighted by Gasteiger charge is 2.22. The van der Waals surface area contributed by atoms with Crippen molar-refractivity contribution in [2.75, 3.05) is 31.1 Å². The van der Waals surface area contributed by atoms with Crippen LogP contribution in [0.3, 0.4) is 0 Å². The third kappa shape index (κ3) is 5.77. The lowest BCUT2D eigenvalue weighted by Gasteiger charge is -2.34. The largest absolute Gasteiger partial charge is 0.489 e. The summed E-state index contributed by atoms with van der Waals surface area (Å²) in [7, 11) is -3.54. The smallest absolute Gasteiger partial charge is 0.323 e. The van der Waals surface area contributed by atoms with E-state index >= 15 is 0 Å². The fourth-order valence-corrected chi connectivity index (χ4v) is 5.99. The van der Waals surface area contributed by atoms with Gasteiger partial charge < -0.3 is 30.0 Å². The highest BCUT2D eigenvalue weighted by atomic mass is 32.2. The van der Waals surface area contributed by atoms with Gasteiger partial charge in [-0.2, -0.15) is 0 Å². The first-order valence-electron chi connectivity index (χ1n) is 12.7. The summed E-state index contributed by atoms with van der Waals surface area (Å²) in [5.41, 5.74) is 2.97. The van der Waals surface area contributed by atoms with Gasteiger partial charge in [0.2, 0.25) is 9.84 Å². The SMILES string of the molecule is Cc1ccc(S(=O)(=O)c2ccc(N3CCC(NC[C@@H](O)COc4cccc5[nH]c(=O)[nH]c45)CC3)cc2)cc1. The monoisotopic (exact) mass is 536 g/mol. The van der Waals surface area contributed by atoms with Gasteiger partial charge in [0.25, 0.3) is 0 Å². The Morgan fingerprint density at radius 3 is 2.34 bits per heavy atom. The molecule has 0 saturated carbocycles. The summed E-state index contributed by atoms with van der Waals surface area (Å²) in [5, 5.41) is 13.8. The average Bonchev–Trinajstić information content (AvgIpc) is 3.32. The maximum absolute atomic E-state index is 12.9. The Morgan fingerprint density at radius 1 is 1.00 bits per heavy atom. The second-order valence-electron chi connectivity index (χ2n) is 9.70. The van der Waals surface area contributed by atoms with Crippen LogP contribution in [0.25, 0.3) is 11.0 Å². The Hall–Kier alpha value is -3.60. The molecule has 38 heavy (non-hydrogen) atoms. The number of aliphatic hydroxyl groups is 1. The van der Waals surface area contributed by atoms with Crippen molar-refractivity contribution in [3.63, 3.8) is 0 Å². The Kier molecular flexibility index (Phi) is 7.55. The number of sulfone groups is 1. The maximum atomic E-state index is 12.9. The second kappa shape index (κ2) is 11.0. The van der Waals surface area contributed by atoms with E-state index in [4.69, 9.17) is 4.74 Å². The number of hydrogen-bond acceptors (Lipinski definition) is 7. The van der Waals surface area contributed by atoms with Gasteiger partial charge in [-0.15, -0.1) is 0 Å². The first kappa shape index (κ1) is 26.0. The molecule has 1 aromatic heterocycles. The van der Waals surface area contributed by atoms with Crippen molar-refractivity contribution in [3.05, 3.63) is 82.8 Å². The van der Waals surface area contributed by atoms with Gasteiger partial charge in [-0.1, -0.05) is 23.8 Å². The lowest BCUT2D eigenvalue weighted by Crippen LogP contribution is -2.45. The molecular weight excluding hydrogens is 504 g/mol. The molecule has 200 valence electrons. The molecule has 4 aromatic rings. The molecule has 5 rings (SSSR count). The van der Waals surface area contributed by atoms with Crippen molar-refractivity contribution in [3.8, 4) is 5.75 Å². The van der Waals surface area contributed by atoms with Gasteiger partial charge in [0, 0.05) is 31.4 Å². The van der Waals surface area contributed by atoms with Crippen LogP contribution >= 0.6 is 0 Å². The van der Waals surface area contributed by atoms with Gasteiger partial charge in [0.05, 0.1) is 15.3 Å². The van der Waals surface area contributed by atoms with Crippen molar-refractivity contribution in [2.24, 2.45) is 0 Å². The van der Waals surface area contributed by atoms with Gasteiger partial charge in [-0.3, -0.25) is 0 Å². The van der Waals surface area contributed by atoms with Crippen molar-refractivity contribution in [1.82, 2.24) is 15.3 Å². The zero-order valence-electron chi connectivity index (χ0n) is 21.2. The molecule has 1 fully saturated rings.